The molecule has 0 radical (unpaired) electrons. The first-order valence-corrected chi connectivity index (χ1v) is 13.2. The number of alkyl halides is 3. The lowest BCUT2D eigenvalue weighted by molar-refractivity contribution is -0.137. The fourth-order valence-electron chi connectivity index (χ4n) is 6.02. The molecule has 2 aliphatic heterocycles. The van der Waals surface area contributed by atoms with Gasteiger partial charge < -0.3 is 15.0 Å². The fraction of sp³-hybridized carbons (Fsp3) is 0.560. The van der Waals surface area contributed by atoms with E-state index in [1.807, 2.05) is 6.07 Å². The highest BCUT2D eigenvalue weighted by Crippen LogP contribution is 2.42. The third kappa shape index (κ3) is 4.88. The van der Waals surface area contributed by atoms with E-state index in [0.717, 1.165) is 74.8 Å². The zero-order chi connectivity index (χ0) is 24.0. The second kappa shape index (κ2) is 9.29. The Morgan fingerprint density at radius 3 is 2.57 bits per heavy atom. The third-order valence-electron chi connectivity index (χ3n) is 7.75. The molecule has 2 saturated heterocycles. The number of rotatable bonds is 5. The molecule has 1 N–H and O–H groups in total. The summed E-state index contributed by atoms with van der Waals surface area (Å²) in [5.74, 6) is 1.60. The van der Waals surface area contributed by atoms with E-state index in [1.54, 1.807) is 17.6 Å². The number of benzene rings is 1. The van der Waals surface area contributed by atoms with Crippen LogP contribution >= 0.6 is 11.3 Å². The van der Waals surface area contributed by atoms with Crippen LogP contribution in [0.1, 0.15) is 31.2 Å². The lowest BCUT2D eigenvalue weighted by Crippen LogP contribution is -2.32. The zero-order valence-corrected chi connectivity index (χ0v) is 20.1. The number of aromatic nitrogens is 3. The van der Waals surface area contributed by atoms with Crippen LogP contribution in [-0.2, 0) is 10.9 Å². The summed E-state index contributed by atoms with van der Waals surface area (Å²) < 4.78 is 48.4. The minimum Gasteiger partial charge on any atom is -0.381 e. The molecular weight excluding hydrogens is 475 g/mol. The summed E-state index contributed by atoms with van der Waals surface area (Å²) >= 11 is 1.45. The van der Waals surface area contributed by atoms with Crippen molar-refractivity contribution in [3.63, 3.8) is 0 Å². The highest BCUT2D eigenvalue weighted by Gasteiger charge is 2.42. The molecule has 0 spiro atoms. The standard InChI is InChI=1S/C25H28F3N5OS/c26-25(27,28)20-10-22(16-1-2-21-23(9-16)35-14-29-21)31-32-24(20)30-19-7-17-12-33(13-18(17)8-19)11-15-3-5-34-6-4-15/h1-2,9-10,14-15,17-19H,3-8,11-13H2,(H,30,32)/t17-,18-/m1/s1. The van der Waals surface area contributed by atoms with Gasteiger partial charge in [-0.1, -0.05) is 6.07 Å². The topological polar surface area (TPSA) is 63.2 Å². The van der Waals surface area contributed by atoms with Crippen LogP contribution < -0.4 is 5.32 Å². The lowest BCUT2D eigenvalue weighted by atomic mass is 10.00. The van der Waals surface area contributed by atoms with Gasteiger partial charge in [0.15, 0.2) is 5.82 Å². The number of fused-ring (bicyclic) bond motifs is 2. The molecule has 1 aliphatic carbocycles. The summed E-state index contributed by atoms with van der Waals surface area (Å²) in [6, 6.07) is 6.45. The first-order chi connectivity index (χ1) is 16.9. The number of hydrogen-bond donors (Lipinski definition) is 1. The van der Waals surface area contributed by atoms with Gasteiger partial charge in [0.05, 0.1) is 21.4 Å². The Bertz CT molecular complexity index is 1180. The van der Waals surface area contributed by atoms with Crippen molar-refractivity contribution in [3.05, 3.63) is 35.3 Å². The van der Waals surface area contributed by atoms with Gasteiger partial charge in [0.1, 0.15) is 5.56 Å². The van der Waals surface area contributed by atoms with Crippen LogP contribution in [0, 0.1) is 17.8 Å². The minimum absolute atomic E-state index is 0.00924. The second-order valence-corrected chi connectivity index (χ2v) is 11.0. The number of hydrogen-bond acceptors (Lipinski definition) is 7. The Kier molecular flexibility index (Phi) is 6.14. The molecule has 3 fully saturated rings. The number of ether oxygens (including phenoxy) is 1. The molecule has 2 aromatic heterocycles. The van der Waals surface area contributed by atoms with Crippen molar-refractivity contribution in [2.45, 2.75) is 37.9 Å². The quantitative estimate of drug-likeness (QED) is 0.509. The van der Waals surface area contributed by atoms with Gasteiger partial charge in [0.25, 0.3) is 0 Å². The van der Waals surface area contributed by atoms with Gasteiger partial charge in [-0.3, -0.25) is 0 Å². The van der Waals surface area contributed by atoms with Gasteiger partial charge in [-0.25, -0.2) is 4.98 Å². The largest absolute Gasteiger partial charge is 0.420 e. The summed E-state index contributed by atoms with van der Waals surface area (Å²) in [4.78, 5) is 6.78. The third-order valence-corrected chi connectivity index (χ3v) is 8.54. The molecule has 6 nitrogen and oxygen atoms in total. The molecule has 186 valence electrons. The van der Waals surface area contributed by atoms with Crippen LogP contribution in [0.5, 0.6) is 0 Å². The molecule has 35 heavy (non-hydrogen) atoms. The highest BCUT2D eigenvalue weighted by molar-refractivity contribution is 7.16. The smallest absolute Gasteiger partial charge is 0.381 e. The van der Waals surface area contributed by atoms with E-state index < -0.39 is 11.7 Å². The summed E-state index contributed by atoms with van der Waals surface area (Å²) in [5.41, 5.74) is 2.59. The average Bonchev–Trinajstić information content (AvgIpc) is 3.54. The summed E-state index contributed by atoms with van der Waals surface area (Å²) in [6.45, 7) is 4.91. The van der Waals surface area contributed by atoms with Crippen LogP contribution in [0.25, 0.3) is 21.5 Å². The van der Waals surface area contributed by atoms with E-state index in [-0.39, 0.29) is 17.6 Å². The first-order valence-electron chi connectivity index (χ1n) is 12.3. The predicted octanol–water partition coefficient (Wildman–Crippen LogP) is 5.32. The molecule has 0 bridgehead atoms. The normalized spacial score (nSPS) is 24.3. The molecule has 1 aromatic carbocycles. The number of halogens is 3. The Labute approximate surface area is 205 Å². The molecule has 0 unspecified atom stereocenters. The van der Waals surface area contributed by atoms with E-state index in [0.29, 0.717) is 23.3 Å². The Morgan fingerprint density at radius 1 is 1.06 bits per heavy atom. The van der Waals surface area contributed by atoms with Crippen LogP contribution in [0.15, 0.2) is 29.8 Å². The van der Waals surface area contributed by atoms with Gasteiger partial charge in [-0.15, -0.1) is 21.5 Å². The molecule has 3 aromatic rings. The average molecular weight is 504 g/mol. The Balaban J connectivity index is 1.14. The van der Waals surface area contributed by atoms with E-state index in [4.69, 9.17) is 4.74 Å². The lowest BCUT2D eigenvalue weighted by Gasteiger charge is -2.28. The van der Waals surface area contributed by atoms with Crippen molar-refractivity contribution < 1.29 is 17.9 Å². The van der Waals surface area contributed by atoms with Crippen LogP contribution in [0.2, 0.25) is 0 Å². The Morgan fingerprint density at radius 2 is 1.83 bits per heavy atom. The van der Waals surface area contributed by atoms with Gasteiger partial charge in [0, 0.05) is 44.5 Å². The van der Waals surface area contributed by atoms with Crippen molar-refractivity contribution in [2.75, 3.05) is 38.2 Å². The number of anilines is 1. The van der Waals surface area contributed by atoms with E-state index in [2.05, 4.69) is 25.4 Å². The minimum atomic E-state index is -4.52. The molecule has 1 saturated carbocycles. The fourth-order valence-corrected chi connectivity index (χ4v) is 6.74. The number of nitrogens with one attached hydrogen (secondary N) is 1. The van der Waals surface area contributed by atoms with Crippen molar-refractivity contribution >= 4 is 27.4 Å². The van der Waals surface area contributed by atoms with Gasteiger partial charge in [0.2, 0.25) is 0 Å². The maximum absolute atomic E-state index is 14.0. The first kappa shape index (κ1) is 23.1. The molecule has 2 atom stereocenters. The maximum atomic E-state index is 14.0. The number of thiazole rings is 1. The van der Waals surface area contributed by atoms with Crippen LogP contribution in [0.4, 0.5) is 19.0 Å². The summed E-state index contributed by atoms with van der Waals surface area (Å²) in [6.07, 6.45) is -0.516. The van der Waals surface area contributed by atoms with E-state index >= 15 is 0 Å². The van der Waals surface area contributed by atoms with Crippen LogP contribution in [-0.4, -0.2) is 59.0 Å². The molecule has 3 aliphatic rings. The summed E-state index contributed by atoms with van der Waals surface area (Å²) in [5, 5.41) is 11.3. The van der Waals surface area contributed by atoms with Crippen molar-refractivity contribution in [2.24, 2.45) is 17.8 Å². The van der Waals surface area contributed by atoms with Crippen molar-refractivity contribution in [1.82, 2.24) is 20.1 Å². The summed E-state index contributed by atoms with van der Waals surface area (Å²) in [7, 11) is 0. The molecule has 4 heterocycles. The van der Waals surface area contributed by atoms with Gasteiger partial charge in [-0.05, 0) is 61.6 Å². The monoisotopic (exact) mass is 503 g/mol. The highest BCUT2D eigenvalue weighted by atomic mass is 32.1. The molecular formula is C25H28F3N5OS. The van der Waals surface area contributed by atoms with E-state index in [9.17, 15) is 13.2 Å². The maximum Gasteiger partial charge on any atom is 0.420 e. The SMILES string of the molecule is FC(F)(F)c1cc(-c2ccc3ncsc3c2)nnc1NC1C[C@@H]2CN(CC3CCOCC3)C[C@H]2C1. The molecule has 6 rings (SSSR count). The van der Waals surface area contributed by atoms with Crippen molar-refractivity contribution in [3.8, 4) is 11.3 Å². The Hall–Kier alpha value is -2.30. The van der Waals surface area contributed by atoms with Gasteiger partial charge >= 0.3 is 6.18 Å². The molecule has 0 amide bonds. The molecule has 10 heteroatoms. The predicted molar refractivity (Wildman–Crippen MR) is 129 cm³/mol. The zero-order valence-electron chi connectivity index (χ0n) is 19.3. The van der Waals surface area contributed by atoms with Gasteiger partial charge in [-0.2, -0.15) is 13.2 Å². The van der Waals surface area contributed by atoms with Crippen LogP contribution in [0.3, 0.4) is 0 Å². The second-order valence-electron chi connectivity index (χ2n) is 10.1. The van der Waals surface area contributed by atoms with Crippen molar-refractivity contribution in [1.29, 1.82) is 0 Å². The number of nitrogens with zero attached hydrogens (tertiary/aromatic N) is 4. The van der Waals surface area contributed by atoms with E-state index in [1.165, 1.54) is 11.3 Å². The number of likely N-dealkylation sites (tertiary alicyclic amines) is 1.